The highest BCUT2D eigenvalue weighted by atomic mass is 14.9. The van der Waals surface area contributed by atoms with Gasteiger partial charge < -0.3 is 0 Å². The highest BCUT2D eigenvalue weighted by Gasteiger charge is 2.26. The Labute approximate surface area is 122 Å². The van der Waals surface area contributed by atoms with Gasteiger partial charge in [0, 0.05) is 17.7 Å². The fraction of sp³-hybridized carbons (Fsp3) is 0.421. The van der Waals surface area contributed by atoms with Crippen LogP contribution in [0.4, 0.5) is 0 Å². The molecule has 1 aliphatic rings. The van der Waals surface area contributed by atoms with Gasteiger partial charge in [-0.1, -0.05) is 19.9 Å². The minimum atomic E-state index is 0.443. The molecule has 1 heterocycles. The van der Waals surface area contributed by atoms with Crippen LogP contribution in [-0.4, -0.2) is 0 Å². The van der Waals surface area contributed by atoms with Crippen LogP contribution in [0.3, 0.4) is 0 Å². The van der Waals surface area contributed by atoms with Crippen LogP contribution < -0.4 is 4.57 Å². The second-order valence-corrected chi connectivity index (χ2v) is 6.97. The number of rotatable bonds is 1. The predicted octanol–water partition coefficient (Wildman–Crippen LogP) is 4.00. The fourth-order valence-electron chi connectivity index (χ4n) is 3.37. The van der Waals surface area contributed by atoms with Crippen molar-refractivity contribution in [1.82, 2.24) is 0 Å². The van der Waals surface area contributed by atoms with Crippen LogP contribution >= 0.6 is 0 Å². The standard InChI is InChI=1S/C19H24N/c1-14-11-15-8-9-19(2,3)13-16(15)12-17(14)18-7-5-6-10-20(18)4/h5-7,10-12H,8-9,13H2,1-4H3/q+1. The van der Waals surface area contributed by atoms with Crippen molar-refractivity contribution in [3.8, 4) is 11.3 Å². The number of hydrogen-bond acceptors (Lipinski definition) is 0. The number of fused-ring (bicyclic) bond motifs is 1. The van der Waals surface area contributed by atoms with Gasteiger partial charge in [0.15, 0.2) is 6.20 Å². The maximum Gasteiger partial charge on any atom is 0.212 e. The van der Waals surface area contributed by atoms with Gasteiger partial charge in [-0.25, -0.2) is 4.57 Å². The van der Waals surface area contributed by atoms with Gasteiger partial charge in [0.1, 0.15) is 7.05 Å². The molecule has 104 valence electrons. The Hall–Kier alpha value is -1.63. The van der Waals surface area contributed by atoms with E-state index in [1.54, 1.807) is 11.1 Å². The zero-order chi connectivity index (χ0) is 14.3. The van der Waals surface area contributed by atoms with Crippen molar-refractivity contribution in [2.45, 2.75) is 40.0 Å². The molecule has 1 aromatic carbocycles. The lowest BCUT2D eigenvalue weighted by atomic mass is 9.73. The van der Waals surface area contributed by atoms with Gasteiger partial charge in [-0.2, -0.15) is 0 Å². The maximum atomic E-state index is 2.43. The molecule has 1 aromatic heterocycles. The molecule has 0 saturated carbocycles. The average molecular weight is 266 g/mol. The van der Waals surface area contributed by atoms with Gasteiger partial charge in [-0.05, 0) is 60.4 Å². The first kappa shape index (κ1) is 13.4. The number of benzene rings is 1. The summed E-state index contributed by atoms with van der Waals surface area (Å²) in [5, 5.41) is 0. The summed E-state index contributed by atoms with van der Waals surface area (Å²) in [5.41, 5.74) is 7.62. The van der Waals surface area contributed by atoms with Crippen molar-refractivity contribution in [2.75, 3.05) is 0 Å². The average Bonchev–Trinajstić information content (AvgIpc) is 2.39. The summed E-state index contributed by atoms with van der Waals surface area (Å²) in [7, 11) is 2.12. The van der Waals surface area contributed by atoms with E-state index >= 15 is 0 Å². The molecule has 2 aromatic rings. The molecule has 0 aliphatic heterocycles. The second kappa shape index (κ2) is 4.73. The Balaban J connectivity index is 2.12. The summed E-state index contributed by atoms with van der Waals surface area (Å²) in [6, 6.07) is 11.3. The van der Waals surface area contributed by atoms with E-state index in [9.17, 15) is 0 Å². The van der Waals surface area contributed by atoms with E-state index in [0.717, 1.165) is 0 Å². The zero-order valence-corrected chi connectivity index (χ0v) is 13.0. The Morgan fingerprint density at radius 2 is 1.90 bits per heavy atom. The smallest absolute Gasteiger partial charge is 0.201 e. The molecular formula is C19H24N+. The van der Waals surface area contributed by atoms with Crippen LogP contribution in [-0.2, 0) is 19.9 Å². The van der Waals surface area contributed by atoms with Crippen LogP contribution in [0, 0.1) is 12.3 Å². The van der Waals surface area contributed by atoms with Crippen molar-refractivity contribution in [1.29, 1.82) is 0 Å². The van der Waals surface area contributed by atoms with Crippen molar-refractivity contribution in [2.24, 2.45) is 12.5 Å². The van der Waals surface area contributed by atoms with Gasteiger partial charge in [-0.3, -0.25) is 0 Å². The van der Waals surface area contributed by atoms with Gasteiger partial charge in [-0.15, -0.1) is 0 Å². The highest BCUT2D eigenvalue weighted by Crippen LogP contribution is 2.37. The van der Waals surface area contributed by atoms with E-state index in [4.69, 9.17) is 0 Å². The minimum Gasteiger partial charge on any atom is -0.201 e. The molecule has 0 radical (unpaired) electrons. The lowest BCUT2D eigenvalue weighted by molar-refractivity contribution is -0.660. The Morgan fingerprint density at radius 1 is 1.10 bits per heavy atom. The second-order valence-electron chi connectivity index (χ2n) is 6.97. The molecule has 1 nitrogen and oxygen atoms in total. The summed E-state index contributed by atoms with van der Waals surface area (Å²) in [4.78, 5) is 0. The molecule has 0 amide bonds. The minimum absolute atomic E-state index is 0.443. The summed E-state index contributed by atoms with van der Waals surface area (Å²) < 4.78 is 2.21. The molecule has 0 unspecified atom stereocenters. The number of aryl methyl sites for hydroxylation is 3. The maximum absolute atomic E-state index is 2.43. The monoisotopic (exact) mass is 266 g/mol. The summed E-state index contributed by atoms with van der Waals surface area (Å²) in [6.45, 7) is 7.01. The van der Waals surface area contributed by atoms with Crippen molar-refractivity contribution in [3.05, 3.63) is 53.2 Å². The van der Waals surface area contributed by atoms with E-state index < -0.39 is 0 Å². The van der Waals surface area contributed by atoms with Crippen LogP contribution in [0.25, 0.3) is 11.3 Å². The largest absolute Gasteiger partial charge is 0.212 e. The Kier molecular flexibility index (Phi) is 3.16. The molecule has 20 heavy (non-hydrogen) atoms. The first-order valence-electron chi connectivity index (χ1n) is 7.54. The number of pyridine rings is 1. The highest BCUT2D eigenvalue weighted by molar-refractivity contribution is 5.63. The zero-order valence-electron chi connectivity index (χ0n) is 13.0. The van der Waals surface area contributed by atoms with Gasteiger partial charge in [0.2, 0.25) is 5.69 Å². The third-order valence-corrected chi connectivity index (χ3v) is 4.62. The lowest BCUT2D eigenvalue weighted by Gasteiger charge is -2.31. The molecular weight excluding hydrogens is 242 g/mol. The van der Waals surface area contributed by atoms with Gasteiger partial charge in [0.25, 0.3) is 0 Å². The van der Waals surface area contributed by atoms with E-state index in [1.807, 2.05) is 0 Å². The number of hydrogen-bond donors (Lipinski definition) is 0. The fourth-order valence-corrected chi connectivity index (χ4v) is 3.37. The van der Waals surface area contributed by atoms with E-state index in [-0.39, 0.29) is 0 Å². The molecule has 1 aliphatic carbocycles. The van der Waals surface area contributed by atoms with Crippen LogP contribution in [0.5, 0.6) is 0 Å². The molecule has 1 heteroatoms. The van der Waals surface area contributed by atoms with Crippen molar-refractivity contribution >= 4 is 0 Å². The normalized spacial score (nSPS) is 16.8. The van der Waals surface area contributed by atoms with E-state index in [2.05, 4.69) is 68.9 Å². The SMILES string of the molecule is Cc1cc2c(cc1-c1cccc[n+]1C)CC(C)(C)CC2. The topological polar surface area (TPSA) is 3.88 Å². The van der Waals surface area contributed by atoms with Crippen molar-refractivity contribution < 1.29 is 4.57 Å². The molecule has 0 saturated heterocycles. The van der Waals surface area contributed by atoms with E-state index in [1.165, 1.54) is 36.1 Å². The van der Waals surface area contributed by atoms with Gasteiger partial charge >= 0.3 is 0 Å². The van der Waals surface area contributed by atoms with E-state index in [0.29, 0.717) is 5.41 Å². The number of aromatic nitrogens is 1. The van der Waals surface area contributed by atoms with Gasteiger partial charge in [0.05, 0.1) is 0 Å². The molecule has 0 bridgehead atoms. The quantitative estimate of drug-likeness (QED) is 0.687. The lowest BCUT2D eigenvalue weighted by Crippen LogP contribution is -2.30. The van der Waals surface area contributed by atoms with Crippen LogP contribution in [0.2, 0.25) is 0 Å². The molecule has 0 atom stereocenters. The van der Waals surface area contributed by atoms with Crippen LogP contribution in [0.15, 0.2) is 36.5 Å². The third-order valence-electron chi connectivity index (χ3n) is 4.62. The summed E-state index contributed by atoms with van der Waals surface area (Å²) in [6.07, 6.45) is 5.85. The number of nitrogens with zero attached hydrogens (tertiary/aromatic N) is 1. The first-order valence-corrected chi connectivity index (χ1v) is 7.54. The Bertz CT molecular complexity index is 653. The first-order chi connectivity index (χ1) is 9.46. The van der Waals surface area contributed by atoms with Crippen molar-refractivity contribution in [3.63, 3.8) is 0 Å². The predicted molar refractivity (Wildman–Crippen MR) is 83.6 cm³/mol. The van der Waals surface area contributed by atoms with Crippen LogP contribution in [0.1, 0.15) is 37.0 Å². The summed E-state index contributed by atoms with van der Waals surface area (Å²) in [5.74, 6) is 0. The Morgan fingerprint density at radius 3 is 2.65 bits per heavy atom. The molecule has 0 spiro atoms. The third kappa shape index (κ3) is 2.37. The molecule has 0 fully saturated rings. The summed E-state index contributed by atoms with van der Waals surface area (Å²) >= 11 is 0. The molecule has 0 N–H and O–H groups in total. The molecule has 3 rings (SSSR count).